The third kappa shape index (κ3) is 4.01. The molecule has 0 spiro atoms. The maximum atomic E-state index is 9.23. The average Bonchev–Trinajstić information content (AvgIpc) is 2.30. The topological polar surface area (TPSA) is 61.7 Å². The van der Waals surface area contributed by atoms with Gasteiger partial charge < -0.3 is 20.3 Å². The molecule has 0 amide bonds. The molecular formula is C12H25NO3. The smallest absolute Gasteiger partial charge is 0.0633 e. The molecule has 1 fully saturated rings. The van der Waals surface area contributed by atoms with Gasteiger partial charge in [0.15, 0.2) is 0 Å². The van der Waals surface area contributed by atoms with Crippen LogP contribution in [0, 0.1) is 0 Å². The molecule has 4 heteroatoms. The SMILES string of the molecule is CCCC1CC(NC(C)(CO)CO)CCO1. The van der Waals surface area contributed by atoms with Gasteiger partial charge >= 0.3 is 0 Å². The summed E-state index contributed by atoms with van der Waals surface area (Å²) in [5.41, 5.74) is -0.571. The van der Waals surface area contributed by atoms with E-state index in [1.54, 1.807) is 0 Å². The lowest BCUT2D eigenvalue weighted by atomic mass is 9.96. The molecule has 1 rings (SSSR count). The minimum absolute atomic E-state index is 0.0424. The van der Waals surface area contributed by atoms with Crippen molar-refractivity contribution in [3.8, 4) is 0 Å². The van der Waals surface area contributed by atoms with Crippen LogP contribution in [0.4, 0.5) is 0 Å². The van der Waals surface area contributed by atoms with Gasteiger partial charge in [-0.2, -0.15) is 0 Å². The summed E-state index contributed by atoms with van der Waals surface area (Å²) in [4.78, 5) is 0. The normalized spacial score (nSPS) is 27.0. The lowest BCUT2D eigenvalue weighted by molar-refractivity contribution is -0.0153. The Balaban J connectivity index is 2.41. The standard InChI is InChI=1S/C12H25NO3/c1-3-4-11-7-10(5-6-16-11)13-12(2,8-14)9-15/h10-11,13-15H,3-9H2,1-2H3. The molecule has 0 saturated carbocycles. The first-order valence-electron chi connectivity index (χ1n) is 6.24. The number of hydrogen-bond donors (Lipinski definition) is 3. The zero-order valence-electron chi connectivity index (χ0n) is 10.4. The lowest BCUT2D eigenvalue weighted by Gasteiger charge is -2.36. The van der Waals surface area contributed by atoms with E-state index < -0.39 is 5.54 Å². The predicted octanol–water partition coefficient (Wildman–Crippen LogP) is 0.667. The molecule has 4 nitrogen and oxygen atoms in total. The highest BCUT2D eigenvalue weighted by molar-refractivity contribution is 4.88. The van der Waals surface area contributed by atoms with Crippen LogP contribution in [0.2, 0.25) is 0 Å². The zero-order chi connectivity index (χ0) is 12.0. The Bertz CT molecular complexity index is 193. The fraction of sp³-hybridized carbons (Fsp3) is 1.00. The van der Waals surface area contributed by atoms with Crippen LogP contribution in [0.3, 0.4) is 0 Å². The van der Waals surface area contributed by atoms with Gasteiger partial charge in [-0.25, -0.2) is 0 Å². The molecule has 3 N–H and O–H groups in total. The molecule has 1 heterocycles. The molecule has 1 aliphatic rings. The maximum Gasteiger partial charge on any atom is 0.0633 e. The molecule has 1 aliphatic heterocycles. The summed E-state index contributed by atoms with van der Waals surface area (Å²) >= 11 is 0. The number of aliphatic hydroxyl groups excluding tert-OH is 2. The van der Waals surface area contributed by atoms with Crippen LogP contribution in [0.15, 0.2) is 0 Å². The summed E-state index contributed by atoms with van der Waals surface area (Å²) in [6.45, 7) is 4.69. The number of nitrogens with one attached hydrogen (secondary N) is 1. The van der Waals surface area contributed by atoms with E-state index in [0.717, 1.165) is 32.3 Å². The second-order valence-corrected chi connectivity index (χ2v) is 5.02. The molecule has 2 atom stereocenters. The molecular weight excluding hydrogens is 206 g/mol. The molecule has 0 bridgehead atoms. The molecule has 0 aromatic rings. The van der Waals surface area contributed by atoms with Crippen LogP contribution in [0.5, 0.6) is 0 Å². The van der Waals surface area contributed by atoms with Gasteiger partial charge in [0.1, 0.15) is 0 Å². The lowest BCUT2D eigenvalue weighted by Crippen LogP contribution is -2.55. The van der Waals surface area contributed by atoms with Crippen LogP contribution >= 0.6 is 0 Å². The van der Waals surface area contributed by atoms with Crippen molar-refractivity contribution >= 4 is 0 Å². The van der Waals surface area contributed by atoms with E-state index in [4.69, 9.17) is 4.74 Å². The van der Waals surface area contributed by atoms with Crippen LogP contribution in [-0.4, -0.2) is 47.7 Å². The highest BCUT2D eigenvalue weighted by Gasteiger charge is 2.29. The van der Waals surface area contributed by atoms with Crippen molar-refractivity contribution in [2.45, 2.75) is 57.2 Å². The Morgan fingerprint density at radius 2 is 2.06 bits per heavy atom. The number of hydrogen-bond acceptors (Lipinski definition) is 4. The summed E-state index contributed by atoms with van der Waals surface area (Å²) in [6.07, 6.45) is 4.49. The molecule has 0 aliphatic carbocycles. The summed E-state index contributed by atoms with van der Waals surface area (Å²) in [7, 11) is 0. The minimum atomic E-state index is -0.571. The van der Waals surface area contributed by atoms with E-state index in [-0.39, 0.29) is 13.2 Å². The van der Waals surface area contributed by atoms with Crippen molar-refractivity contribution in [1.82, 2.24) is 5.32 Å². The Labute approximate surface area is 98.0 Å². The van der Waals surface area contributed by atoms with E-state index in [1.807, 2.05) is 6.92 Å². The van der Waals surface area contributed by atoms with Crippen molar-refractivity contribution < 1.29 is 14.9 Å². The predicted molar refractivity (Wildman–Crippen MR) is 63.4 cm³/mol. The third-order valence-electron chi connectivity index (χ3n) is 3.23. The van der Waals surface area contributed by atoms with Gasteiger partial charge in [-0.3, -0.25) is 0 Å². The third-order valence-corrected chi connectivity index (χ3v) is 3.23. The van der Waals surface area contributed by atoms with Crippen molar-refractivity contribution in [3.63, 3.8) is 0 Å². The Morgan fingerprint density at radius 3 is 2.62 bits per heavy atom. The second kappa shape index (κ2) is 6.55. The van der Waals surface area contributed by atoms with Crippen LogP contribution in [0.1, 0.15) is 39.5 Å². The van der Waals surface area contributed by atoms with Gasteiger partial charge in [-0.05, 0) is 26.2 Å². The molecule has 16 heavy (non-hydrogen) atoms. The second-order valence-electron chi connectivity index (χ2n) is 5.02. The molecule has 0 aromatic heterocycles. The fourth-order valence-electron chi connectivity index (χ4n) is 2.17. The van der Waals surface area contributed by atoms with Gasteiger partial charge in [0, 0.05) is 12.6 Å². The van der Waals surface area contributed by atoms with E-state index in [0.29, 0.717) is 12.1 Å². The van der Waals surface area contributed by atoms with Crippen LogP contribution < -0.4 is 5.32 Å². The first kappa shape index (κ1) is 13.9. The number of ether oxygens (including phenoxy) is 1. The van der Waals surface area contributed by atoms with Gasteiger partial charge in [0.2, 0.25) is 0 Å². The van der Waals surface area contributed by atoms with Crippen molar-refractivity contribution in [3.05, 3.63) is 0 Å². The first-order valence-corrected chi connectivity index (χ1v) is 6.24. The Hall–Kier alpha value is -0.160. The molecule has 0 aromatic carbocycles. The quantitative estimate of drug-likeness (QED) is 0.628. The number of aliphatic hydroxyl groups is 2. The van der Waals surface area contributed by atoms with Gasteiger partial charge in [-0.15, -0.1) is 0 Å². The van der Waals surface area contributed by atoms with Crippen LogP contribution in [-0.2, 0) is 4.74 Å². The minimum Gasteiger partial charge on any atom is -0.394 e. The zero-order valence-corrected chi connectivity index (χ0v) is 10.4. The van der Waals surface area contributed by atoms with Gasteiger partial charge in [0.05, 0.1) is 24.9 Å². The van der Waals surface area contributed by atoms with Gasteiger partial charge in [-0.1, -0.05) is 13.3 Å². The van der Waals surface area contributed by atoms with E-state index in [9.17, 15) is 10.2 Å². The Kier molecular flexibility index (Phi) is 5.69. The van der Waals surface area contributed by atoms with Crippen molar-refractivity contribution in [2.75, 3.05) is 19.8 Å². The maximum absolute atomic E-state index is 9.23. The molecule has 1 saturated heterocycles. The molecule has 2 unspecified atom stereocenters. The van der Waals surface area contributed by atoms with Gasteiger partial charge in [0.25, 0.3) is 0 Å². The monoisotopic (exact) mass is 231 g/mol. The summed E-state index contributed by atoms with van der Waals surface area (Å²) in [5.74, 6) is 0. The number of rotatable bonds is 6. The van der Waals surface area contributed by atoms with E-state index >= 15 is 0 Å². The van der Waals surface area contributed by atoms with Crippen molar-refractivity contribution in [1.29, 1.82) is 0 Å². The fourth-order valence-corrected chi connectivity index (χ4v) is 2.17. The highest BCUT2D eigenvalue weighted by atomic mass is 16.5. The largest absolute Gasteiger partial charge is 0.394 e. The van der Waals surface area contributed by atoms with E-state index in [2.05, 4.69) is 12.2 Å². The Morgan fingerprint density at radius 1 is 1.38 bits per heavy atom. The summed E-state index contributed by atoms with van der Waals surface area (Å²) in [5, 5.41) is 21.8. The van der Waals surface area contributed by atoms with E-state index in [1.165, 1.54) is 0 Å². The van der Waals surface area contributed by atoms with Crippen LogP contribution in [0.25, 0.3) is 0 Å². The highest BCUT2D eigenvalue weighted by Crippen LogP contribution is 2.19. The van der Waals surface area contributed by atoms with Crippen molar-refractivity contribution in [2.24, 2.45) is 0 Å². The molecule has 0 radical (unpaired) electrons. The average molecular weight is 231 g/mol. The summed E-state index contributed by atoms with van der Waals surface area (Å²) < 4.78 is 5.67. The summed E-state index contributed by atoms with van der Waals surface area (Å²) in [6, 6.07) is 0.342. The first-order chi connectivity index (χ1) is 7.63. The molecule has 96 valence electrons.